The van der Waals surface area contributed by atoms with E-state index in [2.05, 4.69) is 15.9 Å². The van der Waals surface area contributed by atoms with Gasteiger partial charge in [0.1, 0.15) is 18.2 Å². The van der Waals surface area contributed by atoms with E-state index >= 15 is 0 Å². The molecule has 0 unspecified atom stereocenters. The number of hydrogen-bond donors (Lipinski definition) is 1. The molecule has 0 spiro atoms. The minimum absolute atomic E-state index is 0.0859. The molecule has 2 aromatic rings. The lowest BCUT2D eigenvalue weighted by molar-refractivity contribution is 0.298. The lowest BCUT2D eigenvalue weighted by Crippen LogP contribution is -2.00. The first-order chi connectivity index (χ1) is 8.58. The smallest absolute Gasteiger partial charge is 0.148 e. The summed E-state index contributed by atoms with van der Waals surface area (Å²) in [6.07, 6.45) is 0. The Balaban J connectivity index is 2.16. The Hall–Kier alpha value is -1.26. The van der Waals surface area contributed by atoms with E-state index in [9.17, 15) is 4.39 Å². The zero-order valence-electron chi connectivity index (χ0n) is 9.29. The van der Waals surface area contributed by atoms with Gasteiger partial charge in [0, 0.05) is 17.3 Å². The summed E-state index contributed by atoms with van der Waals surface area (Å²) in [4.78, 5) is 0. The lowest BCUT2D eigenvalue weighted by Gasteiger charge is -2.10. The van der Waals surface area contributed by atoms with Crippen molar-refractivity contribution in [3.63, 3.8) is 0 Å². The van der Waals surface area contributed by atoms with E-state index in [0.717, 1.165) is 4.47 Å². The summed E-state index contributed by atoms with van der Waals surface area (Å²) < 4.78 is 19.9. The number of benzene rings is 2. The fourth-order valence-corrected chi connectivity index (χ4v) is 2.00. The Morgan fingerprint density at radius 1 is 1.28 bits per heavy atom. The Morgan fingerprint density at radius 3 is 2.83 bits per heavy atom. The van der Waals surface area contributed by atoms with Crippen molar-refractivity contribution >= 4 is 33.2 Å². The van der Waals surface area contributed by atoms with Gasteiger partial charge < -0.3 is 10.5 Å². The van der Waals surface area contributed by atoms with Gasteiger partial charge in [-0.05, 0) is 34.1 Å². The molecule has 5 heteroatoms. The molecular formula is C13H10BrClFNO. The van der Waals surface area contributed by atoms with Gasteiger partial charge in [-0.3, -0.25) is 0 Å². The average molecular weight is 331 g/mol. The van der Waals surface area contributed by atoms with Crippen molar-refractivity contribution in [2.45, 2.75) is 6.61 Å². The Bertz CT molecular complexity index is 575. The molecule has 0 saturated carbocycles. The summed E-state index contributed by atoms with van der Waals surface area (Å²) in [6.45, 7) is 0.0917. The van der Waals surface area contributed by atoms with Crippen LogP contribution >= 0.6 is 27.5 Å². The van der Waals surface area contributed by atoms with Crippen LogP contribution in [0, 0.1) is 5.82 Å². The summed E-state index contributed by atoms with van der Waals surface area (Å²) in [5.41, 5.74) is 6.64. The highest BCUT2D eigenvalue weighted by molar-refractivity contribution is 9.10. The van der Waals surface area contributed by atoms with E-state index in [1.165, 1.54) is 6.07 Å². The van der Waals surface area contributed by atoms with Crippen molar-refractivity contribution in [3.8, 4) is 5.75 Å². The monoisotopic (exact) mass is 329 g/mol. The molecule has 0 aliphatic rings. The van der Waals surface area contributed by atoms with Crippen LogP contribution in [0.15, 0.2) is 40.9 Å². The van der Waals surface area contributed by atoms with Crippen LogP contribution in [0.25, 0.3) is 0 Å². The molecule has 2 aromatic carbocycles. The number of ether oxygens (including phenoxy) is 1. The third-order valence-electron chi connectivity index (χ3n) is 2.37. The van der Waals surface area contributed by atoms with Crippen LogP contribution in [0.4, 0.5) is 10.1 Å². The molecular weight excluding hydrogens is 321 g/mol. The van der Waals surface area contributed by atoms with Gasteiger partial charge in [0.15, 0.2) is 0 Å². The van der Waals surface area contributed by atoms with E-state index in [1.54, 1.807) is 30.3 Å². The molecule has 0 aliphatic heterocycles. The molecule has 0 aliphatic carbocycles. The van der Waals surface area contributed by atoms with Crippen LogP contribution in [0.2, 0.25) is 5.02 Å². The van der Waals surface area contributed by atoms with Gasteiger partial charge in [-0.2, -0.15) is 0 Å². The molecule has 2 rings (SSSR count). The summed E-state index contributed by atoms with van der Waals surface area (Å²) in [7, 11) is 0. The van der Waals surface area contributed by atoms with Gasteiger partial charge in [-0.1, -0.05) is 23.7 Å². The van der Waals surface area contributed by atoms with Gasteiger partial charge >= 0.3 is 0 Å². The quantitative estimate of drug-likeness (QED) is 0.846. The van der Waals surface area contributed by atoms with Crippen LogP contribution in [0.5, 0.6) is 5.75 Å². The molecule has 0 atom stereocenters. The standard InChI is InChI=1S/C13H10BrClFNO/c14-10-5-4-9(17)6-12(10)18-7-8-2-1-3-11(15)13(8)16/h1-6H,7,17H2. The second-order valence-corrected chi connectivity index (χ2v) is 4.95. The van der Waals surface area contributed by atoms with Crippen molar-refractivity contribution in [3.05, 3.63) is 57.3 Å². The summed E-state index contributed by atoms with van der Waals surface area (Å²) in [5.74, 6) is 0.105. The Labute approximate surface area is 118 Å². The van der Waals surface area contributed by atoms with E-state index < -0.39 is 5.82 Å². The highest BCUT2D eigenvalue weighted by atomic mass is 79.9. The minimum Gasteiger partial charge on any atom is -0.488 e. The lowest BCUT2D eigenvalue weighted by atomic mass is 10.2. The van der Waals surface area contributed by atoms with E-state index in [-0.39, 0.29) is 11.6 Å². The summed E-state index contributed by atoms with van der Waals surface area (Å²) in [6, 6.07) is 10.00. The van der Waals surface area contributed by atoms with Gasteiger partial charge in [0.25, 0.3) is 0 Å². The van der Waals surface area contributed by atoms with Crippen molar-refractivity contribution in [1.29, 1.82) is 0 Å². The molecule has 0 radical (unpaired) electrons. The molecule has 0 saturated heterocycles. The van der Waals surface area contributed by atoms with Crippen molar-refractivity contribution in [2.24, 2.45) is 0 Å². The molecule has 0 amide bonds. The van der Waals surface area contributed by atoms with E-state index in [1.807, 2.05) is 0 Å². The maximum absolute atomic E-state index is 13.6. The fourth-order valence-electron chi connectivity index (χ4n) is 1.45. The Kier molecular flexibility index (Phi) is 4.09. The maximum atomic E-state index is 13.6. The molecule has 2 nitrogen and oxygen atoms in total. The van der Waals surface area contributed by atoms with Crippen molar-refractivity contribution < 1.29 is 9.13 Å². The largest absolute Gasteiger partial charge is 0.488 e. The third kappa shape index (κ3) is 2.94. The highest BCUT2D eigenvalue weighted by Gasteiger charge is 2.08. The number of hydrogen-bond acceptors (Lipinski definition) is 2. The van der Waals surface area contributed by atoms with E-state index in [4.69, 9.17) is 22.1 Å². The number of anilines is 1. The Morgan fingerprint density at radius 2 is 2.06 bits per heavy atom. The van der Waals surface area contributed by atoms with Crippen LogP contribution in [-0.4, -0.2) is 0 Å². The average Bonchev–Trinajstić information content (AvgIpc) is 2.35. The van der Waals surface area contributed by atoms with Gasteiger partial charge in [0.2, 0.25) is 0 Å². The van der Waals surface area contributed by atoms with Crippen LogP contribution in [0.3, 0.4) is 0 Å². The van der Waals surface area contributed by atoms with Crippen LogP contribution < -0.4 is 10.5 Å². The van der Waals surface area contributed by atoms with Crippen molar-refractivity contribution in [2.75, 3.05) is 5.73 Å². The topological polar surface area (TPSA) is 35.2 Å². The first-order valence-corrected chi connectivity index (χ1v) is 6.35. The van der Waals surface area contributed by atoms with Crippen LogP contribution in [-0.2, 0) is 6.61 Å². The zero-order valence-corrected chi connectivity index (χ0v) is 11.6. The molecule has 0 heterocycles. The highest BCUT2D eigenvalue weighted by Crippen LogP contribution is 2.28. The number of nitrogens with two attached hydrogens (primary N) is 1. The van der Waals surface area contributed by atoms with Gasteiger partial charge in [-0.25, -0.2) is 4.39 Å². The zero-order chi connectivity index (χ0) is 13.1. The fraction of sp³-hybridized carbons (Fsp3) is 0.0769. The maximum Gasteiger partial charge on any atom is 0.148 e. The van der Waals surface area contributed by atoms with Crippen molar-refractivity contribution in [1.82, 2.24) is 0 Å². The van der Waals surface area contributed by atoms with Gasteiger partial charge in [-0.15, -0.1) is 0 Å². The predicted molar refractivity (Wildman–Crippen MR) is 74.3 cm³/mol. The first-order valence-electron chi connectivity index (χ1n) is 5.18. The molecule has 94 valence electrons. The molecule has 2 N–H and O–H groups in total. The van der Waals surface area contributed by atoms with Gasteiger partial charge in [0.05, 0.1) is 9.50 Å². The number of halogens is 3. The molecule has 18 heavy (non-hydrogen) atoms. The summed E-state index contributed by atoms with van der Waals surface area (Å²) >= 11 is 9.03. The molecule has 0 fully saturated rings. The predicted octanol–water partition coefficient (Wildman–Crippen LogP) is 4.40. The number of nitrogen functional groups attached to an aromatic ring is 1. The first kappa shape index (κ1) is 13.2. The van der Waals surface area contributed by atoms with Crippen LogP contribution in [0.1, 0.15) is 5.56 Å². The second-order valence-electron chi connectivity index (χ2n) is 3.69. The third-order valence-corrected chi connectivity index (χ3v) is 3.32. The molecule has 0 bridgehead atoms. The number of rotatable bonds is 3. The van der Waals surface area contributed by atoms with E-state index in [0.29, 0.717) is 17.0 Å². The second kappa shape index (κ2) is 5.59. The normalized spacial score (nSPS) is 10.4. The minimum atomic E-state index is -0.459. The SMILES string of the molecule is Nc1ccc(Br)c(OCc2cccc(Cl)c2F)c1. The summed E-state index contributed by atoms with van der Waals surface area (Å²) in [5, 5.41) is 0.0859. The molecule has 0 aromatic heterocycles.